The summed E-state index contributed by atoms with van der Waals surface area (Å²) in [4.78, 5) is 11.6. The predicted octanol–water partition coefficient (Wildman–Crippen LogP) is 1.89. The molecule has 0 saturated carbocycles. The van der Waals surface area contributed by atoms with Gasteiger partial charge in [-0.2, -0.15) is 0 Å². The molecular formula is C15H13BrN2O4S. The van der Waals surface area contributed by atoms with Crippen molar-refractivity contribution in [1.29, 1.82) is 0 Å². The highest BCUT2D eigenvalue weighted by molar-refractivity contribution is 9.10. The number of carbonyl (C=O) groups excluding carboxylic acids is 1. The van der Waals surface area contributed by atoms with Crippen LogP contribution in [0.25, 0.3) is 0 Å². The lowest BCUT2D eigenvalue weighted by molar-refractivity contribution is -0.124. The Bertz CT molecular complexity index is 869. The minimum atomic E-state index is -3.85. The lowest BCUT2D eigenvalue weighted by Crippen LogP contribution is -2.49. The molecule has 0 fully saturated rings. The number of fused-ring (bicyclic) bond motifs is 1. The Morgan fingerprint density at radius 3 is 2.65 bits per heavy atom. The highest BCUT2D eigenvalue weighted by Gasteiger charge is 2.36. The van der Waals surface area contributed by atoms with Crippen molar-refractivity contribution < 1.29 is 17.9 Å². The van der Waals surface area contributed by atoms with Crippen molar-refractivity contribution in [3.05, 3.63) is 53.0 Å². The number of para-hydroxylation sites is 2. The average Bonchev–Trinajstić information content (AvgIpc) is 2.53. The SMILES string of the molecule is NC(=O)[C@H]1CN(S(=O)(=O)c2cccc(Br)c2)c2ccccc2O1. The van der Waals surface area contributed by atoms with E-state index in [9.17, 15) is 13.2 Å². The summed E-state index contributed by atoms with van der Waals surface area (Å²) in [6.07, 6.45) is -1.04. The molecule has 0 unspecified atom stereocenters. The van der Waals surface area contributed by atoms with Crippen molar-refractivity contribution in [3.8, 4) is 5.75 Å². The first-order chi connectivity index (χ1) is 10.9. The van der Waals surface area contributed by atoms with E-state index in [1.54, 1.807) is 36.4 Å². The van der Waals surface area contributed by atoms with Gasteiger partial charge in [0.2, 0.25) is 0 Å². The number of sulfonamides is 1. The first kappa shape index (κ1) is 15.8. The summed E-state index contributed by atoms with van der Waals surface area (Å²) in [6.45, 7) is -0.165. The minimum absolute atomic E-state index is 0.117. The van der Waals surface area contributed by atoms with Crippen LogP contribution in [0.4, 0.5) is 5.69 Å². The number of amides is 1. The minimum Gasteiger partial charge on any atom is -0.476 e. The summed E-state index contributed by atoms with van der Waals surface area (Å²) in [5, 5.41) is 0. The summed E-state index contributed by atoms with van der Waals surface area (Å²) >= 11 is 3.26. The van der Waals surface area contributed by atoms with Crippen molar-refractivity contribution in [2.24, 2.45) is 5.73 Å². The van der Waals surface area contributed by atoms with Gasteiger partial charge in [0, 0.05) is 4.47 Å². The van der Waals surface area contributed by atoms with Gasteiger partial charge in [0.1, 0.15) is 5.75 Å². The van der Waals surface area contributed by atoms with E-state index in [-0.39, 0.29) is 11.4 Å². The topological polar surface area (TPSA) is 89.7 Å². The summed E-state index contributed by atoms with van der Waals surface area (Å²) in [5.74, 6) is -0.407. The van der Waals surface area contributed by atoms with E-state index in [1.165, 1.54) is 12.1 Å². The molecule has 120 valence electrons. The van der Waals surface area contributed by atoms with Crippen molar-refractivity contribution in [1.82, 2.24) is 0 Å². The molecule has 2 aromatic carbocycles. The molecule has 8 heteroatoms. The normalized spacial score (nSPS) is 17.3. The number of halogens is 1. The number of rotatable bonds is 3. The second kappa shape index (κ2) is 5.86. The Kier molecular flexibility index (Phi) is 4.03. The van der Waals surface area contributed by atoms with Crippen LogP contribution in [-0.2, 0) is 14.8 Å². The van der Waals surface area contributed by atoms with Crippen molar-refractivity contribution >= 4 is 37.5 Å². The molecule has 0 spiro atoms. The number of anilines is 1. The lowest BCUT2D eigenvalue weighted by atomic mass is 10.2. The van der Waals surface area contributed by atoms with Crippen LogP contribution < -0.4 is 14.8 Å². The number of hydrogen-bond acceptors (Lipinski definition) is 4. The largest absolute Gasteiger partial charge is 0.476 e. The van der Waals surface area contributed by atoms with Crippen molar-refractivity contribution in [3.63, 3.8) is 0 Å². The van der Waals surface area contributed by atoms with E-state index in [2.05, 4.69) is 15.9 Å². The smallest absolute Gasteiger partial charge is 0.264 e. The molecule has 3 rings (SSSR count). The Morgan fingerprint density at radius 1 is 1.22 bits per heavy atom. The van der Waals surface area contributed by atoms with Crippen LogP contribution in [0.5, 0.6) is 5.75 Å². The Hall–Kier alpha value is -2.06. The molecule has 1 heterocycles. The number of nitrogens with two attached hydrogens (primary N) is 1. The van der Waals surface area contributed by atoms with Crippen LogP contribution in [0.3, 0.4) is 0 Å². The van der Waals surface area contributed by atoms with Gasteiger partial charge in [0.25, 0.3) is 15.9 Å². The fourth-order valence-corrected chi connectivity index (χ4v) is 4.41. The van der Waals surface area contributed by atoms with Gasteiger partial charge < -0.3 is 10.5 Å². The number of benzene rings is 2. The van der Waals surface area contributed by atoms with Crippen LogP contribution in [0, 0.1) is 0 Å². The van der Waals surface area contributed by atoms with Gasteiger partial charge in [-0.05, 0) is 30.3 Å². The zero-order valence-electron chi connectivity index (χ0n) is 11.8. The third kappa shape index (κ3) is 2.91. The van der Waals surface area contributed by atoms with Crippen LogP contribution in [0.2, 0.25) is 0 Å². The third-order valence-corrected chi connectivity index (χ3v) is 5.71. The van der Waals surface area contributed by atoms with Gasteiger partial charge in [0.15, 0.2) is 6.10 Å². The molecule has 0 radical (unpaired) electrons. The Balaban J connectivity index is 2.12. The molecule has 1 amide bonds. The zero-order valence-corrected chi connectivity index (χ0v) is 14.2. The standard InChI is InChI=1S/C15H13BrN2O4S/c16-10-4-3-5-11(8-10)23(20,21)18-9-14(15(17)19)22-13-7-2-1-6-12(13)18/h1-8,14H,9H2,(H2,17,19)/t14-/m1/s1. The first-order valence-corrected chi connectivity index (χ1v) is 8.96. The summed E-state index contributed by atoms with van der Waals surface area (Å²) in [5.41, 5.74) is 5.68. The fourth-order valence-electron chi connectivity index (χ4n) is 2.33. The number of primary amides is 1. The highest BCUT2D eigenvalue weighted by Crippen LogP contribution is 2.36. The van der Waals surface area contributed by atoms with Gasteiger partial charge in [0.05, 0.1) is 17.1 Å². The fraction of sp³-hybridized carbons (Fsp3) is 0.133. The summed E-state index contributed by atoms with van der Waals surface area (Å²) < 4.78 is 33.2. The maximum absolute atomic E-state index is 13.0. The van der Waals surface area contributed by atoms with Gasteiger partial charge in [-0.25, -0.2) is 8.42 Å². The highest BCUT2D eigenvalue weighted by atomic mass is 79.9. The van der Waals surface area contributed by atoms with Gasteiger partial charge in [-0.3, -0.25) is 9.10 Å². The maximum Gasteiger partial charge on any atom is 0.264 e. The molecule has 0 aliphatic carbocycles. The van der Waals surface area contributed by atoms with Crippen molar-refractivity contribution in [2.75, 3.05) is 10.8 Å². The molecule has 2 aromatic rings. The van der Waals surface area contributed by atoms with E-state index in [0.717, 1.165) is 4.31 Å². The summed E-state index contributed by atoms with van der Waals surface area (Å²) in [6, 6.07) is 13.0. The van der Waals surface area contributed by atoms with E-state index < -0.39 is 22.0 Å². The zero-order chi connectivity index (χ0) is 16.6. The van der Waals surface area contributed by atoms with Crippen LogP contribution in [-0.4, -0.2) is 27.0 Å². The first-order valence-electron chi connectivity index (χ1n) is 6.73. The van der Waals surface area contributed by atoms with E-state index in [4.69, 9.17) is 10.5 Å². The van der Waals surface area contributed by atoms with E-state index >= 15 is 0 Å². The molecule has 1 aliphatic rings. The molecule has 0 aromatic heterocycles. The Morgan fingerprint density at radius 2 is 1.96 bits per heavy atom. The number of nitrogens with zero attached hydrogens (tertiary/aromatic N) is 1. The molecule has 0 bridgehead atoms. The number of hydrogen-bond donors (Lipinski definition) is 1. The van der Waals surface area contributed by atoms with Gasteiger partial charge in [-0.1, -0.05) is 34.1 Å². The van der Waals surface area contributed by atoms with Crippen molar-refractivity contribution in [2.45, 2.75) is 11.0 Å². The molecule has 1 aliphatic heterocycles. The van der Waals surface area contributed by atoms with Crippen LogP contribution in [0.15, 0.2) is 57.9 Å². The molecule has 6 nitrogen and oxygen atoms in total. The molecule has 23 heavy (non-hydrogen) atoms. The lowest BCUT2D eigenvalue weighted by Gasteiger charge is -2.34. The van der Waals surface area contributed by atoms with Crippen LogP contribution in [0.1, 0.15) is 0 Å². The molecular weight excluding hydrogens is 384 g/mol. The third-order valence-electron chi connectivity index (χ3n) is 3.44. The number of carbonyl (C=O) groups is 1. The monoisotopic (exact) mass is 396 g/mol. The second-order valence-electron chi connectivity index (χ2n) is 4.97. The predicted molar refractivity (Wildman–Crippen MR) is 88.7 cm³/mol. The van der Waals surface area contributed by atoms with E-state index in [1.807, 2.05) is 0 Å². The summed E-state index contributed by atoms with van der Waals surface area (Å²) in [7, 11) is -3.85. The Labute approximate surface area is 142 Å². The second-order valence-corrected chi connectivity index (χ2v) is 7.75. The molecule has 0 saturated heterocycles. The number of ether oxygens (including phenoxy) is 1. The quantitative estimate of drug-likeness (QED) is 0.857. The van der Waals surface area contributed by atoms with E-state index in [0.29, 0.717) is 15.9 Å². The maximum atomic E-state index is 13.0. The molecule has 2 N–H and O–H groups in total. The average molecular weight is 397 g/mol. The van der Waals surface area contributed by atoms with Crippen LogP contribution >= 0.6 is 15.9 Å². The van der Waals surface area contributed by atoms with Gasteiger partial charge >= 0.3 is 0 Å². The molecule has 1 atom stereocenters. The van der Waals surface area contributed by atoms with Gasteiger partial charge in [-0.15, -0.1) is 0 Å².